The summed E-state index contributed by atoms with van der Waals surface area (Å²) in [5, 5.41) is 0. The Morgan fingerprint density at radius 3 is 2.48 bits per heavy atom. The van der Waals surface area contributed by atoms with Crippen molar-refractivity contribution in [3.8, 4) is 11.5 Å². The molecule has 2 aromatic carbocycles. The molecule has 2 aromatic rings. The van der Waals surface area contributed by atoms with E-state index in [1.807, 2.05) is 18.2 Å². The summed E-state index contributed by atoms with van der Waals surface area (Å²) in [6.45, 7) is 1.51. The van der Waals surface area contributed by atoms with Gasteiger partial charge in [-0.15, -0.1) is 0 Å². The fourth-order valence-electron chi connectivity index (χ4n) is 3.52. The molecule has 0 aromatic heterocycles. The number of nitrogens with zero attached hydrogens (tertiary/aromatic N) is 1. The zero-order valence-electron chi connectivity index (χ0n) is 14.7. The Kier molecular flexibility index (Phi) is 5.24. The van der Waals surface area contributed by atoms with Gasteiger partial charge in [0.1, 0.15) is 0 Å². The van der Waals surface area contributed by atoms with Gasteiger partial charge in [0.2, 0.25) is 5.91 Å². The summed E-state index contributed by atoms with van der Waals surface area (Å²) in [6, 6.07) is 14.5. The van der Waals surface area contributed by atoms with Crippen LogP contribution in [0.15, 0.2) is 42.5 Å². The molecule has 2 N–H and O–H groups in total. The van der Waals surface area contributed by atoms with Gasteiger partial charge in [-0.1, -0.05) is 30.3 Å². The second-order valence-corrected chi connectivity index (χ2v) is 6.22. The highest BCUT2D eigenvalue weighted by Crippen LogP contribution is 2.40. The molecule has 25 heavy (non-hydrogen) atoms. The second kappa shape index (κ2) is 7.57. The molecule has 0 radical (unpaired) electrons. The maximum Gasteiger partial charge on any atom is 0.218 e. The molecule has 1 aliphatic rings. The van der Waals surface area contributed by atoms with Crippen molar-refractivity contribution in [3.63, 3.8) is 0 Å². The molecule has 1 heterocycles. The summed E-state index contributed by atoms with van der Waals surface area (Å²) in [5.41, 5.74) is 9.01. The van der Waals surface area contributed by atoms with Gasteiger partial charge in [0, 0.05) is 19.5 Å². The summed E-state index contributed by atoms with van der Waals surface area (Å²) in [5.74, 6) is 1.20. The van der Waals surface area contributed by atoms with Gasteiger partial charge in [0.25, 0.3) is 0 Å². The maximum absolute atomic E-state index is 11.3. The molecule has 3 rings (SSSR count). The van der Waals surface area contributed by atoms with Crippen molar-refractivity contribution < 1.29 is 14.3 Å². The van der Waals surface area contributed by atoms with Gasteiger partial charge >= 0.3 is 0 Å². The lowest BCUT2D eigenvalue weighted by Crippen LogP contribution is -2.38. The zero-order chi connectivity index (χ0) is 17.8. The Morgan fingerprint density at radius 2 is 1.84 bits per heavy atom. The molecular formula is C20H24N2O3. The highest BCUT2D eigenvalue weighted by atomic mass is 16.5. The van der Waals surface area contributed by atoms with Crippen LogP contribution in [0.25, 0.3) is 0 Å². The summed E-state index contributed by atoms with van der Waals surface area (Å²) in [4.78, 5) is 13.6. The normalized spacial score (nSPS) is 17.0. The summed E-state index contributed by atoms with van der Waals surface area (Å²) >= 11 is 0. The first kappa shape index (κ1) is 17.3. The van der Waals surface area contributed by atoms with Crippen LogP contribution >= 0.6 is 0 Å². The third kappa shape index (κ3) is 3.61. The molecule has 1 atom stereocenters. The minimum Gasteiger partial charge on any atom is -0.493 e. The van der Waals surface area contributed by atoms with Crippen LogP contribution in [0.5, 0.6) is 11.5 Å². The fraction of sp³-hybridized carbons (Fsp3) is 0.350. The smallest absolute Gasteiger partial charge is 0.218 e. The van der Waals surface area contributed by atoms with E-state index in [1.54, 1.807) is 14.2 Å². The molecule has 1 amide bonds. The van der Waals surface area contributed by atoms with Crippen LogP contribution < -0.4 is 15.2 Å². The first-order valence-corrected chi connectivity index (χ1v) is 8.46. The van der Waals surface area contributed by atoms with Gasteiger partial charge in [0.05, 0.1) is 20.3 Å². The number of rotatable bonds is 6. The predicted molar refractivity (Wildman–Crippen MR) is 96.9 cm³/mol. The number of carbonyl (C=O) groups is 1. The predicted octanol–water partition coefficient (Wildman–Crippen LogP) is 2.53. The number of methoxy groups -OCH3 is 2. The van der Waals surface area contributed by atoms with E-state index in [4.69, 9.17) is 15.2 Å². The van der Waals surface area contributed by atoms with Crippen molar-refractivity contribution in [3.05, 3.63) is 59.2 Å². The third-order valence-corrected chi connectivity index (χ3v) is 4.73. The number of amides is 1. The van der Waals surface area contributed by atoms with Crippen LogP contribution in [0, 0.1) is 0 Å². The van der Waals surface area contributed by atoms with E-state index in [9.17, 15) is 4.79 Å². The molecule has 0 bridgehead atoms. The van der Waals surface area contributed by atoms with Crippen LogP contribution in [-0.4, -0.2) is 38.1 Å². The standard InChI is InChI=1S/C20H24N2O3/c1-24-17-12-15-8-10-22(11-9-19(21)23)20(14-6-4-3-5-7-14)16(15)13-18(17)25-2/h3-7,12-13,20H,8-11H2,1-2H3,(H2,21,23)/t20-/m1/s1. The van der Waals surface area contributed by atoms with Crippen LogP contribution in [0.1, 0.15) is 29.2 Å². The number of hydrogen-bond acceptors (Lipinski definition) is 4. The fourth-order valence-corrected chi connectivity index (χ4v) is 3.52. The Morgan fingerprint density at radius 1 is 1.16 bits per heavy atom. The average Bonchev–Trinajstić information content (AvgIpc) is 2.65. The van der Waals surface area contributed by atoms with Crippen LogP contribution in [0.2, 0.25) is 0 Å². The summed E-state index contributed by atoms with van der Waals surface area (Å²) in [6.07, 6.45) is 1.25. The van der Waals surface area contributed by atoms with Crippen LogP contribution in [-0.2, 0) is 11.2 Å². The van der Waals surface area contributed by atoms with Gasteiger partial charge in [-0.2, -0.15) is 0 Å². The summed E-state index contributed by atoms with van der Waals surface area (Å²) in [7, 11) is 3.30. The minimum absolute atomic E-state index is 0.0732. The van der Waals surface area contributed by atoms with E-state index in [2.05, 4.69) is 29.2 Å². The number of ether oxygens (including phenoxy) is 2. The van der Waals surface area contributed by atoms with E-state index in [0.717, 1.165) is 24.5 Å². The lowest BCUT2D eigenvalue weighted by Gasteiger charge is -2.38. The average molecular weight is 340 g/mol. The summed E-state index contributed by atoms with van der Waals surface area (Å²) < 4.78 is 11.0. The van der Waals surface area contributed by atoms with Gasteiger partial charge in [-0.05, 0) is 35.2 Å². The lowest BCUT2D eigenvalue weighted by atomic mass is 9.87. The van der Waals surface area contributed by atoms with E-state index in [1.165, 1.54) is 16.7 Å². The van der Waals surface area contributed by atoms with Crippen molar-refractivity contribution in [2.75, 3.05) is 27.3 Å². The lowest BCUT2D eigenvalue weighted by molar-refractivity contribution is -0.118. The van der Waals surface area contributed by atoms with Crippen LogP contribution in [0.3, 0.4) is 0 Å². The number of primary amides is 1. The number of nitrogens with two attached hydrogens (primary N) is 1. The molecule has 5 nitrogen and oxygen atoms in total. The molecule has 1 aliphatic heterocycles. The molecule has 0 fully saturated rings. The quantitative estimate of drug-likeness (QED) is 0.878. The van der Waals surface area contributed by atoms with Gasteiger partial charge < -0.3 is 15.2 Å². The molecule has 0 aliphatic carbocycles. The second-order valence-electron chi connectivity index (χ2n) is 6.22. The highest BCUT2D eigenvalue weighted by Gasteiger charge is 2.30. The molecule has 0 saturated heterocycles. The maximum atomic E-state index is 11.3. The first-order valence-electron chi connectivity index (χ1n) is 8.46. The zero-order valence-corrected chi connectivity index (χ0v) is 14.7. The van der Waals surface area contributed by atoms with E-state index in [0.29, 0.717) is 13.0 Å². The number of fused-ring (bicyclic) bond motifs is 1. The molecule has 5 heteroatoms. The van der Waals surface area contributed by atoms with Crippen molar-refractivity contribution >= 4 is 5.91 Å². The third-order valence-electron chi connectivity index (χ3n) is 4.73. The minimum atomic E-state index is -0.273. The van der Waals surface area contributed by atoms with E-state index >= 15 is 0 Å². The van der Waals surface area contributed by atoms with Crippen LogP contribution in [0.4, 0.5) is 0 Å². The van der Waals surface area contributed by atoms with E-state index < -0.39 is 0 Å². The van der Waals surface area contributed by atoms with E-state index in [-0.39, 0.29) is 11.9 Å². The SMILES string of the molecule is COc1cc2c(cc1OC)[C@@H](c1ccccc1)N(CCC(N)=O)CC2. The van der Waals surface area contributed by atoms with Crippen molar-refractivity contribution in [2.24, 2.45) is 5.73 Å². The molecule has 132 valence electrons. The van der Waals surface area contributed by atoms with Crippen molar-refractivity contribution in [1.82, 2.24) is 4.90 Å². The Bertz CT molecular complexity index is 746. The topological polar surface area (TPSA) is 64.8 Å². The first-order chi connectivity index (χ1) is 12.1. The molecule has 0 unspecified atom stereocenters. The number of hydrogen-bond donors (Lipinski definition) is 1. The van der Waals surface area contributed by atoms with Crippen molar-refractivity contribution in [2.45, 2.75) is 18.9 Å². The van der Waals surface area contributed by atoms with Gasteiger partial charge in [-0.3, -0.25) is 9.69 Å². The van der Waals surface area contributed by atoms with Gasteiger partial charge in [-0.25, -0.2) is 0 Å². The molecular weight excluding hydrogens is 316 g/mol. The molecule has 0 spiro atoms. The van der Waals surface area contributed by atoms with Crippen molar-refractivity contribution in [1.29, 1.82) is 0 Å². The Labute approximate surface area is 148 Å². The Hall–Kier alpha value is -2.53. The Balaban J connectivity index is 2.05. The van der Waals surface area contributed by atoms with Gasteiger partial charge in [0.15, 0.2) is 11.5 Å². The largest absolute Gasteiger partial charge is 0.493 e. The number of benzene rings is 2. The molecule has 0 saturated carbocycles. The highest BCUT2D eigenvalue weighted by molar-refractivity contribution is 5.73. The monoisotopic (exact) mass is 340 g/mol. The number of carbonyl (C=O) groups excluding carboxylic acids is 1.